The molecule has 1 saturated carbocycles. The van der Waals surface area contributed by atoms with E-state index in [1.165, 1.54) is 19.3 Å². The quantitative estimate of drug-likeness (QED) is 0.754. The molecule has 0 aromatic carbocycles. The number of carbonyl (C=O) groups is 1. The van der Waals surface area contributed by atoms with E-state index in [4.69, 9.17) is 4.74 Å². The third-order valence-electron chi connectivity index (χ3n) is 4.88. The van der Waals surface area contributed by atoms with E-state index in [0.29, 0.717) is 5.41 Å². The van der Waals surface area contributed by atoms with Crippen molar-refractivity contribution in [2.24, 2.45) is 17.3 Å². The number of likely N-dealkylation sites (tertiary alicyclic amines) is 1. The minimum atomic E-state index is -0.388. The molecule has 1 heterocycles. The topological polar surface area (TPSA) is 29.5 Å². The van der Waals surface area contributed by atoms with Crippen molar-refractivity contribution in [3.05, 3.63) is 0 Å². The number of ether oxygens (including phenoxy) is 1. The summed E-state index contributed by atoms with van der Waals surface area (Å²) in [5.74, 6) is 1.58. The molecule has 2 rings (SSSR count). The summed E-state index contributed by atoms with van der Waals surface area (Å²) in [4.78, 5) is 14.1. The lowest BCUT2D eigenvalue weighted by Crippen LogP contribution is -2.48. The molecule has 19 heavy (non-hydrogen) atoms. The maximum absolute atomic E-state index is 12.2. The second kappa shape index (κ2) is 4.99. The van der Waals surface area contributed by atoms with Crippen LogP contribution in [0.2, 0.25) is 0 Å². The number of amides is 1. The molecule has 3 nitrogen and oxygen atoms in total. The van der Waals surface area contributed by atoms with Crippen LogP contribution < -0.4 is 0 Å². The van der Waals surface area contributed by atoms with Gasteiger partial charge >= 0.3 is 6.09 Å². The molecule has 2 aliphatic rings. The van der Waals surface area contributed by atoms with Gasteiger partial charge in [-0.3, -0.25) is 0 Å². The van der Waals surface area contributed by atoms with Crippen molar-refractivity contribution in [3.8, 4) is 0 Å². The predicted molar refractivity (Wildman–Crippen MR) is 77.0 cm³/mol. The first-order valence-corrected chi connectivity index (χ1v) is 7.75. The first kappa shape index (κ1) is 14.7. The minimum Gasteiger partial charge on any atom is -0.444 e. The molecule has 1 aliphatic carbocycles. The maximum atomic E-state index is 12.2. The zero-order chi connectivity index (χ0) is 14.3. The average molecular weight is 267 g/mol. The molecule has 0 radical (unpaired) electrons. The summed E-state index contributed by atoms with van der Waals surface area (Å²) >= 11 is 0. The lowest BCUT2D eigenvalue weighted by molar-refractivity contribution is 0.000995. The molecular weight excluding hydrogens is 238 g/mol. The Bertz CT molecular complexity index is 341. The fraction of sp³-hybridized carbons (Fsp3) is 0.938. The molecule has 1 unspecified atom stereocenters. The Morgan fingerprint density at radius 1 is 1.42 bits per heavy atom. The molecule has 1 aliphatic heterocycles. The van der Waals surface area contributed by atoms with E-state index in [9.17, 15) is 4.79 Å². The van der Waals surface area contributed by atoms with E-state index in [0.717, 1.165) is 31.3 Å². The number of piperidine rings is 1. The van der Waals surface area contributed by atoms with Gasteiger partial charge in [0.15, 0.2) is 0 Å². The summed E-state index contributed by atoms with van der Waals surface area (Å²) in [6.07, 6.45) is 4.86. The second-order valence-corrected chi connectivity index (χ2v) is 7.54. The zero-order valence-electron chi connectivity index (χ0n) is 13.2. The summed E-state index contributed by atoms with van der Waals surface area (Å²) in [6, 6.07) is 0. The lowest BCUT2D eigenvalue weighted by Gasteiger charge is -2.42. The molecule has 1 amide bonds. The molecule has 3 heteroatoms. The van der Waals surface area contributed by atoms with Crippen LogP contribution in [0, 0.1) is 17.3 Å². The number of carbonyl (C=O) groups excluding carboxylic acids is 1. The maximum Gasteiger partial charge on any atom is 0.410 e. The van der Waals surface area contributed by atoms with Crippen LogP contribution in [-0.2, 0) is 4.74 Å². The molecule has 1 saturated heterocycles. The standard InChI is InChI=1S/C16H29NO2/c1-6-12(2)13-7-10-17(11-16(13)8-9-16)14(18)19-15(3,4)5/h12-13H,6-11H2,1-5H3/t12-,13?/m1/s1. The Kier molecular flexibility index (Phi) is 3.85. The van der Waals surface area contributed by atoms with Crippen molar-refractivity contribution >= 4 is 6.09 Å². The van der Waals surface area contributed by atoms with E-state index in [1.54, 1.807) is 0 Å². The number of hydrogen-bond acceptors (Lipinski definition) is 2. The van der Waals surface area contributed by atoms with Crippen LogP contribution >= 0.6 is 0 Å². The van der Waals surface area contributed by atoms with E-state index in [1.807, 2.05) is 25.7 Å². The average Bonchev–Trinajstić information content (AvgIpc) is 3.06. The van der Waals surface area contributed by atoms with Crippen LogP contribution in [0.4, 0.5) is 4.79 Å². The molecule has 0 bridgehead atoms. The van der Waals surface area contributed by atoms with E-state index in [-0.39, 0.29) is 11.7 Å². The minimum absolute atomic E-state index is 0.124. The van der Waals surface area contributed by atoms with Gasteiger partial charge < -0.3 is 9.64 Å². The van der Waals surface area contributed by atoms with Gasteiger partial charge in [0.2, 0.25) is 0 Å². The van der Waals surface area contributed by atoms with Gasteiger partial charge in [0.25, 0.3) is 0 Å². The van der Waals surface area contributed by atoms with Crippen LogP contribution in [0.5, 0.6) is 0 Å². The van der Waals surface area contributed by atoms with Crippen molar-refractivity contribution < 1.29 is 9.53 Å². The van der Waals surface area contributed by atoms with Gasteiger partial charge in [-0.25, -0.2) is 4.79 Å². The first-order valence-electron chi connectivity index (χ1n) is 7.75. The number of rotatable bonds is 2. The van der Waals surface area contributed by atoms with Crippen LogP contribution in [0.15, 0.2) is 0 Å². The fourth-order valence-electron chi connectivity index (χ4n) is 3.52. The number of hydrogen-bond donors (Lipinski definition) is 0. The molecular formula is C16H29NO2. The molecule has 1 spiro atoms. The van der Waals surface area contributed by atoms with Crippen LogP contribution in [-0.4, -0.2) is 29.7 Å². The van der Waals surface area contributed by atoms with Crippen LogP contribution in [0.1, 0.15) is 60.3 Å². The van der Waals surface area contributed by atoms with Crippen LogP contribution in [0.3, 0.4) is 0 Å². The number of nitrogens with zero attached hydrogens (tertiary/aromatic N) is 1. The fourth-order valence-corrected chi connectivity index (χ4v) is 3.52. The van der Waals surface area contributed by atoms with Gasteiger partial charge in [0.1, 0.15) is 5.60 Å². The molecule has 0 aromatic rings. The van der Waals surface area contributed by atoms with E-state index >= 15 is 0 Å². The van der Waals surface area contributed by atoms with Crippen molar-refractivity contribution in [3.63, 3.8) is 0 Å². The van der Waals surface area contributed by atoms with Crippen molar-refractivity contribution in [2.45, 2.75) is 65.9 Å². The van der Waals surface area contributed by atoms with Crippen LogP contribution in [0.25, 0.3) is 0 Å². The Morgan fingerprint density at radius 2 is 2.05 bits per heavy atom. The highest BCUT2D eigenvalue weighted by atomic mass is 16.6. The first-order chi connectivity index (χ1) is 8.77. The second-order valence-electron chi connectivity index (χ2n) is 7.54. The molecule has 2 fully saturated rings. The predicted octanol–water partition coefficient (Wildman–Crippen LogP) is 4.07. The molecule has 2 atom stereocenters. The SMILES string of the molecule is CC[C@@H](C)C1CCN(C(=O)OC(C)(C)C)CC12CC2. The summed E-state index contributed by atoms with van der Waals surface area (Å²) in [7, 11) is 0. The van der Waals surface area contributed by atoms with E-state index < -0.39 is 0 Å². The smallest absolute Gasteiger partial charge is 0.410 e. The lowest BCUT2D eigenvalue weighted by atomic mass is 9.74. The normalized spacial score (nSPS) is 27.2. The Balaban J connectivity index is 1.97. The summed E-state index contributed by atoms with van der Waals surface area (Å²) in [5, 5.41) is 0. The molecule has 0 aromatic heterocycles. The summed E-state index contributed by atoms with van der Waals surface area (Å²) in [5.41, 5.74) is 0.0337. The van der Waals surface area contributed by atoms with Crippen molar-refractivity contribution in [2.75, 3.05) is 13.1 Å². The highest BCUT2D eigenvalue weighted by Gasteiger charge is 2.54. The molecule has 110 valence electrons. The Morgan fingerprint density at radius 3 is 2.53 bits per heavy atom. The van der Waals surface area contributed by atoms with Gasteiger partial charge in [-0.1, -0.05) is 20.3 Å². The van der Waals surface area contributed by atoms with Gasteiger partial charge in [0.05, 0.1) is 0 Å². The monoisotopic (exact) mass is 267 g/mol. The third-order valence-corrected chi connectivity index (χ3v) is 4.88. The van der Waals surface area contributed by atoms with Crippen molar-refractivity contribution in [1.29, 1.82) is 0 Å². The van der Waals surface area contributed by atoms with E-state index in [2.05, 4.69) is 13.8 Å². The van der Waals surface area contributed by atoms with Gasteiger partial charge in [-0.15, -0.1) is 0 Å². The highest BCUT2D eigenvalue weighted by Crippen LogP contribution is 2.58. The van der Waals surface area contributed by atoms with Gasteiger partial charge in [-0.05, 0) is 57.3 Å². The Hall–Kier alpha value is -0.730. The van der Waals surface area contributed by atoms with Gasteiger partial charge in [0, 0.05) is 13.1 Å². The molecule has 0 N–H and O–H groups in total. The highest BCUT2D eigenvalue weighted by molar-refractivity contribution is 5.68. The zero-order valence-corrected chi connectivity index (χ0v) is 13.2. The van der Waals surface area contributed by atoms with Gasteiger partial charge in [-0.2, -0.15) is 0 Å². The van der Waals surface area contributed by atoms with Crippen molar-refractivity contribution in [1.82, 2.24) is 4.90 Å². The largest absolute Gasteiger partial charge is 0.444 e. The summed E-state index contributed by atoms with van der Waals surface area (Å²) in [6.45, 7) is 12.2. The third kappa shape index (κ3) is 3.24. The Labute approximate surface area is 117 Å². The summed E-state index contributed by atoms with van der Waals surface area (Å²) < 4.78 is 5.51.